The molecule has 1 aromatic rings. The van der Waals surface area contributed by atoms with Crippen molar-refractivity contribution in [3.8, 4) is 5.75 Å². The van der Waals surface area contributed by atoms with E-state index in [-0.39, 0.29) is 22.6 Å². The number of nitrogens with one attached hydrogen (secondary N) is 1. The fourth-order valence-corrected chi connectivity index (χ4v) is 1.60. The van der Waals surface area contributed by atoms with Crippen LogP contribution in [0, 0.1) is 0 Å². The van der Waals surface area contributed by atoms with Crippen molar-refractivity contribution in [1.82, 2.24) is 5.32 Å². The molecule has 0 atom stereocenters. The predicted octanol–water partition coefficient (Wildman–Crippen LogP) is 2.15. The summed E-state index contributed by atoms with van der Waals surface area (Å²) >= 11 is 1.92. The number of halogens is 1. The van der Waals surface area contributed by atoms with Crippen molar-refractivity contribution in [2.24, 2.45) is 0 Å². The van der Waals surface area contributed by atoms with Gasteiger partial charge in [-0.1, -0.05) is 34.7 Å². The first kappa shape index (κ1) is 16.5. The molecule has 1 amide bonds. The molecule has 1 rings (SSSR count). The minimum absolute atomic E-state index is 0.124. The highest BCUT2D eigenvalue weighted by atomic mass is 127. The van der Waals surface area contributed by atoms with Gasteiger partial charge in [0.1, 0.15) is 11.4 Å². The summed E-state index contributed by atoms with van der Waals surface area (Å²) in [5.74, 6) is -0.0870. The molecule has 0 aliphatic heterocycles. The standard InChI is InChI=1S/C14H16INO4/c1-3-20-14(18)12(16-13(17)9-15)8-10-4-6-11(19-2)7-5-10/h4-8H,3,9H2,1-2H3,(H,16,17)/b12-8-. The summed E-state index contributed by atoms with van der Waals surface area (Å²) in [6.07, 6.45) is 1.57. The summed E-state index contributed by atoms with van der Waals surface area (Å²) in [5, 5.41) is 2.54. The second-order valence-corrected chi connectivity index (χ2v) is 4.50. The maximum absolute atomic E-state index is 11.8. The molecule has 0 aromatic heterocycles. The Balaban J connectivity index is 2.97. The molecule has 0 saturated heterocycles. The van der Waals surface area contributed by atoms with Crippen LogP contribution in [-0.2, 0) is 14.3 Å². The Morgan fingerprint density at radius 3 is 2.45 bits per heavy atom. The molecule has 0 aliphatic carbocycles. The number of amides is 1. The van der Waals surface area contributed by atoms with Crippen molar-refractivity contribution >= 4 is 40.5 Å². The largest absolute Gasteiger partial charge is 0.497 e. The van der Waals surface area contributed by atoms with Gasteiger partial charge in [0, 0.05) is 0 Å². The first-order valence-corrected chi connectivity index (χ1v) is 7.52. The van der Waals surface area contributed by atoms with Gasteiger partial charge >= 0.3 is 5.97 Å². The van der Waals surface area contributed by atoms with E-state index in [2.05, 4.69) is 5.32 Å². The zero-order chi connectivity index (χ0) is 15.0. The molecule has 1 aromatic carbocycles. The molecule has 1 N–H and O–H groups in total. The fourth-order valence-electron chi connectivity index (χ4n) is 1.41. The zero-order valence-corrected chi connectivity index (χ0v) is 13.5. The Morgan fingerprint density at radius 2 is 1.95 bits per heavy atom. The second-order valence-electron chi connectivity index (χ2n) is 3.73. The molecule has 0 heterocycles. The van der Waals surface area contributed by atoms with Crippen LogP contribution >= 0.6 is 22.6 Å². The van der Waals surface area contributed by atoms with Gasteiger partial charge in [-0.15, -0.1) is 0 Å². The molecular formula is C14H16INO4. The maximum Gasteiger partial charge on any atom is 0.354 e. The average Bonchev–Trinajstić information content (AvgIpc) is 2.47. The van der Waals surface area contributed by atoms with E-state index in [9.17, 15) is 9.59 Å². The number of ether oxygens (including phenoxy) is 2. The minimum Gasteiger partial charge on any atom is -0.497 e. The molecule has 6 heteroatoms. The second kappa shape index (κ2) is 8.57. The lowest BCUT2D eigenvalue weighted by molar-refractivity contribution is -0.139. The third kappa shape index (κ3) is 5.20. The van der Waals surface area contributed by atoms with Crippen LogP contribution in [0.25, 0.3) is 6.08 Å². The molecule has 0 radical (unpaired) electrons. The van der Waals surface area contributed by atoms with E-state index in [0.717, 1.165) is 11.3 Å². The fraction of sp³-hybridized carbons (Fsp3) is 0.286. The first-order chi connectivity index (χ1) is 9.60. The van der Waals surface area contributed by atoms with Crippen molar-refractivity contribution in [2.75, 3.05) is 18.1 Å². The highest BCUT2D eigenvalue weighted by molar-refractivity contribution is 14.1. The van der Waals surface area contributed by atoms with Gasteiger partial charge in [-0.3, -0.25) is 4.79 Å². The van der Waals surface area contributed by atoms with Crippen molar-refractivity contribution in [1.29, 1.82) is 0 Å². The molecular weight excluding hydrogens is 373 g/mol. The molecule has 0 unspecified atom stereocenters. The Bertz CT molecular complexity index is 496. The van der Waals surface area contributed by atoms with Crippen LogP contribution in [0.4, 0.5) is 0 Å². The van der Waals surface area contributed by atoms with E-state index in [1.54, 1.807) is 44.4 Å². The lowest BCUT2D eigenvalue weighted by atomic mass is 10.2. The number of esters is 1. The van der Waals surface area contributed by atoms with Gasteiger partial charge in [-0.05, 0) is 30.7 Å². The van der Waals surface area contributed by atoms with Gasteiger partial charge < -0.3 is 14.8 Å². The lowest BCUT2D eigenvalue weighted by Gasteiger charge is -2.08. The number of hydrogen-bond acceptors (Lipinski definition) is 4. The van der Waals surface area contributed by atoms with Crippen molar-refractivity contribution in [3.05, 3.63) is 35.5 Å². The van der Waals surface area contributed by atoms with Crippen molar-refractivity contribution < 1.29 is 19.1 Å². The van der Waals surface area contributed by atoms with E-state index in [1.165, 1.54) is 0 Å². The van der Waals surface area contributed by atoms with Gasteiger partial charge in [0.2, 0.25) is 5.91 Å². The third-order valence-electron chi connectivity index (χ3n) is 2.32. The maximum atomic E-state index is 11.8. The SMILES string of the molecule is CCOC(=O)/C(=C/c1ccc(OC)cc1)NC(=O)CI. The Kier molecular flexibility index (Phi) is 7.06. The lowest BCUT2D eigenvalue weighted by Crippen LogP contribution is -2.29. The highest BCUT2D eigenvalue weighted by Gasteiger charge is 2.13. The molecule has 0 aliphatic rings. The zero-order valence-electron chi connectivity index (χ0n) is 11.3. The van der Waals surface area contributed by atoms with E-state index in [0.29, 0.717) is 0 Å². The van der Waals surface area contributed by atoms with Gasteiger partial charge in [0.05, 0.1) is 18.1 Å². The van der Waals surface area contributed by atoms with Crippen molar-refractivity contribution in [2.45, 2.75) is 6.92 Å². The Hall–Kier alpha value is -1.57. The van der Waals surface area contributed by atoms with Gasteiger partial charge in [0.15, 0.2) is 0 Å². The van der Waals surface area contributed by atoms with Crippen LogP contribution in [0.5, 0.6) is 5.75 Å². The van der Waals surface area contributed by atoms with E-state index >= 15 is 0 Å². The predicted molar refractivity (Wildman–Crippen MR) is 84.6 cm³/mol. The third-order valence-corrected chi connectivity index (χ3v) is 3.01. The monoisotopic (exact) mass is 389 g/mol. The number of carbonyl (C=O) groups is 2. The van der Waals surface area contributed by atoms with E-state index < -0.39 is 5.97 Å². The number of hydrogen-bond donors (Lipinski definition) is 1. The van der Waals surface area contributed by atoms with Gasteiger partial charge in [0.25, 0.3) is 0 Å². The number of rotatable bonds is 6. The van der Waals surface area contributed by atoms with Crippen LogP contribution in [0.1, 0.15) is 12.5 Å². The molecule has 0 saturated carbocycles. The van der Waals surface area contributed by atoms with E-state index in [4.69, 9.17) is 9.47 Å². The minimum atomic E-state index is -0.554. The summed E-state index contributed by atoms with van der Waals surface area (Å²) in [7, 11) is 1.58. The van der Waals surface area contributed by atoms with Crippen LogP contribution < -0.4 is 10.1 Å². The van der Waals surface area contributed by atoms with E-state index in [1.807, 2.05) is 22.6 Å². The number of alkyl halides is 1. The van der Waals surface area contributed by atoms with Crippen LogP contribution in [0.3, 0.4) is 0 Å². The summed E-state index contributed by atoms with van der Waals surface area (Å²) in [4.78, 5) is 23.2. The first-order valence-electron chi connectivity index (χ1n) is 5.99. The Morgan fingerprint density at radius 1 is 1.30 bits per heavy atom. The highest BCUT2D eigenvalue weighted by Crippen LogP contribution is 2.14. The Labute approximate surface area is 131 Å². The topological polar surface area (TPSA) is 64.6 Å². The number of methoxy groups -OCH3 is 1. The van der Waals surface area contributed by atoms with Gasteiger partial charge in [-0.25, -0.2) is 4.79 Å². The van der Waals surface area contributed by atoms with Crippen LogP contribution in [0.15, 0.2) is 30.0 Å². The van der Waals surface area contributed by atoms with Crippen LogP contribution in [0.2, 0.25) is 0 Å². The summed E-state index contributed by atoms with van der Waals surface area (Å²) in [6, 6.07) is 7.12. The van der Waals surface area contributed by atoms with Crippen LogP contribution in [-0.4, -0.2) is 30.0 Å². The molecule has 5 nitrogen and oxygen atoms in total. The quantitative estimate of drug-likeness (QED) is 0.351. The number of carbonyl (C=O) groups excluding carboxylic acids is 2. The van der Waals surface area contributed by atoms with Gasteiger partial charge in [-0.2, -0.15) is 0 Å². The van der Waals surface area contributed by atoms with Crippen molar-refractivity contribution in [3.63, 3.8) is 0 Å². The molecule has 20 heavy (non-hydrogen) atoms. The molecule has 108 valence electrons. The molecule has 0 spiro atoms. The normalized spacial score (nSPS) is 10.8. The smallest absolute Gasteiger partial charge is 0.354 e. The average molecular weight is 389 g/mol. The molecule has 0 fully saturated rings. The summed E-state index contributed by atoms with van der Waals surface area (Å²) in [5.41, 5.74) is 0.890. The summed E-state index contributed by atoms with van der Waals surface area (Å²) in [6.45, 7) is 1.96. The summed E-state index contributed by atoms with van der Waals surface area (Å²) < 4.78 is 10.2. The molecule has 0 bridgehead atoms. The number of benzene rings is 1.